The van der Waals surface area contributed by atoms with Crippen LogP contribution in [0.4, 0.5) is 5.69 Å². The number of hydrogen-bond acceptors (Lipinski definition) is 5. The Hall–Kier alpha value is -2.80. The average molecular weight is 408 g/mol. The Morgan fingerprint density at radius 2 is 1.83 bits per heavy atom. The lowest BCUT2D eigenvalue weighted by Gasteiger charge is -2.33. The number of carbonyl (C=O) groups excluding carboxylic acids is 1. The average Bonchev–Trinajstić information content (AvgIpc) is 3.12. The summed E-state index contributed by atoms with van der Waals surface area (Å²) in [6, 6.07) is 14.2. The minimum Gasteiger partial charge on any atom is -0.325 e. The Morgan fingerprint density at radius 1 is 1.10 bits per heavy atom. The van der Waals surface area contributed by atoms with Crippen LogP contribution in [-0.4, -0.2) is 26.0 Å². The van der Waals surface area contributed by atoms with E-state index in [2.05, 4.69) is 52.1 Å². The van der Waals surface area contributed by atoms with Gasteiger partial charge in [0.05, 0.1) is 6.04 Å². The third-order valence-corrected chi connectivity index (χ3v) is 6.38. The van der Waals surface area contributed by atoms with Crippen molar-refractivity contribution in [3.63, 3.8) is 0 Å². The number of nitrogens with one attached hydrogen (secondary N) is 2. The van der Waals surface area contributed by atoms with Gasteiger partial charge >= 0.3 is 0 Å². The molecule has 0 saturated carbocycles. The van der Waals surface area contributed by atoms with Crippen LogP contribution < -0.4 is 10.7 Å². The van der Waals surface area contributed by atoms with E-state index in [-0.39, 0.29) is 17.2 Å². The third kappa shape index (κ3) is 3.87. The highest BCUT2D eigenvalue weighted by atomic mass is 32.2. The molecule has 0 radical (unpaired) electrons. The van der Waals surface area contributed by atoms with Crippen molar-refractivity contribution in [3.05, 3.63) is 70.5 Å². The van der Waals surface area contributed by atoms with E-state index in [1.807, 2.05) is 43.6 Å². The third-order valence-electron chi connectivity index (χ3n) is 5.17. The van der Waals surface area contributed by atoms with Gasteiger partial charge in [0.25, 0.3) is 0 Å². The van der Waals surface area contributed by atoms with Crippen molar-refractivity contribution in [2.45, 2.75) is 50.6 Å². The SMILES string of the molecule is CCc1nnc2n1N[C@H](c1ccc(C)cc1)[C@@H](C(=O)Nc1cc(C)ccc1C)S2. The van der Waals surface area contributed by atoms with Gasteiger partial charge in [-0.25, -0.2) is 4.68 Å². The van der Waals surface area contributed by atoms with Gasteiger partial charge in [0, 0.05) is 12.1 Å². The zero-order valence-electron chi connectivity index (χ0n) is 17.1. The molecule has 0 saturated heterocycles. The molecule has 4 rings (SSSR count). The van der Waals surface area contributed by atoms with E-state index >= 15 is 0 Å². The topological polar surface area (TPSA) is 71.8 Å². The van der Waals surface area contributed by atoms with Gasteiger partial charge < -0.3 is 10.7 Å². The fraction of sp³-hybridized carbons (Fsp3) is 0.318. The number of thioether (sulfide) groups is 1. The second-order valence-electron chi connectivity index (χ2n) is 7.45. The first-order chi connectivity index (χ1) is 14.0. The van der Waals surface area contributed by atoms with Crippen LogP contribution in [0.3, 0.4) is 0 Å². The molecule has 0 aliphatic carbocycles. The Balaban J connectivity index is 1.68. The van der Waals surface area contributed by atoms with Crippen LogP contribution in [0, 0.1) is 20.8 Å². The molecular weight excluding hydrogens is 382 g/mol. The van der Waals surface area contributed by atoms with E-state index in [9.17, 15) is 4.79 Å². The predicted molar refractivity (Wildman–Crippen MR) is 117 cm³/mol. The fourth-order valence-electron chi connectivity index (χ4n) is 3.43. The summed E-state index contributed by atoms with van der Waals surface area (Å²) < 4.78 is 1.91. The van der Waals surface area contributed by atoms with Crippen molar-refractivity contribution < 1.29 is 4.79 Å². The Morgan fingerprint density at radius 3 is 2.55 bits per heavy atom. The van der Waals surface area contributed by atoms with E-state index in [1.54, 1.807) is 0 Å². The molecule has 3 aromatic rings. The Labute approximate surface area is 175 Å². The minimum atomic E-state index is -0.376. The number of benzene rings is 2. The number of carbonyl (C=O) groups is 1. The van der Waals surface area contributed by atoms with Gasteiger partial charge in [-0.05, 0) is 43.5 Å². The van der Waals surface area contributed by atoms with Gasteiger partial charge in [0.2, 0.25) is 11.1 Å². The molecule has 2 atom stereocenters. The molecule has 29 heavy (non-hydrogen) atoms. The molecular formula is C22H25N5OS. The summed E-state index contributed by atoms with van der Waals surface area (Å²) in [7, 11) is 0. The number of aromatic nitrogens is 3. The van der Waals surface area contributed by atoms with Crippen molar-refractivity contribution in [1.82, 2.24) is 14.9 Å². The standard InChI is InChI=1S/C22H25N5OS/c1-5-18-24-25-22-27(18)26-19(16-10-7-13(2)8-11-16)20(29-22)21(28)23-17-12-14(3)6-9-15(17)4/h6-12,19-20,26H,5H2,1-4H3,(H,23,28)/t19-,20+/m1/s1. The van der Waals surface area contributed by atoms with Gasteiger partial charge in [-0.2, -0.15) is 0 Å². The van der Waals surface area contributed by atoms with Crippen molar-refractivity contribution in [3.8, 4) is 0 Å². The largest absolute Gasteiger partial charge is 0.325 e. The first-order valence-electron chi connectivity index (χ1n) is 9.78. The molecule has 0 spiro atoms. The van der Waals surface area contributed by atoms with Gasteiger partial charge in [-0.1, -0.05) is 60.6 Å². The van der Waals surface area contributed by atoms with Crippen LogP contribution in [0.25, 0.3) is 0 Å². The van der Waals surface area contributed by atoms with Crippen molar-refractivity contribution in [2.24, 2.45) is 0 Å². The first-order valence-corrected chi connectivity index (χ1v) is 10.7. The summed E-state index contributed by atoms with van der Waals surface area (Å²) in [5, 5.41) is 12.0. The second-order valence-corrected chi connectivity index (χ2v) is 8.56. The van der Waals surface area contributed by atoms with Crippen LogP contribution in [-0.2, 0) is 11.2 Å². The molecule has 1 amide bonds. The van der Waals surface area contributed by atoms with Crippen molar-refractivity contribution >= 4 is 23.4 Å². The van der Waals surface area contributed by atoms with Gasteiger partial charge in [0.1, 0.15) is 5.25 Å². The zero-order chi connectivity index (χ0) is 20.5. The number of amides is 1. The monoisotopic (exact) mass is 407 g/mol. The van der Waals surface area contributed by atoms with Crippen LogP contribution in [0.15, 0.2) is 47.6 Å². The molecule has 2 heterocycles. The van der Waals surface area contributed by atoms with E-state index in [1.165, 1.54) is 17.3 Å². The van der Waals surface area contributed by atoms with Gasteiger partial charge in [-0.3, -0.25) is 4.79 Å². The number of hydrogen-bond donors (Lipinski definition) is 2. The molecule has 6 nitrogen and oxygen atoms in total. The molecule has 0 fully saturated rings. The zero-order valence-corrected chi connectivity index (χ0v) is 17.9. The molecule has 2 N–H and O–H groups in total. The Kier molecular flexibility index (Phi) is 5.32. The Bertz CT molecular complexity index is 1040. The number of fused-ring (bicyclic) bond motifs is 1. The molecule has 0 unspecified atom stereocenters. The summed E-state index contributed by atoms with van der Waals surface area (Å²) >= 11 is 1.45. The molecule has 1 aliphatic heterocycles. The molecule has 7 heteroatoms. The highest BCUT2D eigenvalue weighted by Crippen LogP contribution is 2.37. The van der Waals surface area contributed by atoms with Crippen LogP contribution in [0.1, 0.15) is 41.0 Å². The van der Waals surface area contributed by atoms with Crippen LogP contribution >= 0.6 is 11.8 Å². The number of aryl methyl sites for hydroxylation is 4. The summed E-state index contributed by atoms with van der Waals surface area (Å²) in [4.78, 5) is 13.3. The lowest BCUT2D eigenvalue weighted by Crippen LogP contribution is -2.41. The fourth-order valence-corrected chi connectivity index (χ4v) is 4.52. The quantitative estimate of drug-likeness (QED) is 0.679. The summed E-state index contributed by atoms with van der Waals surface area (Å²) in [6.45, 7) is 8.13. The van der Waals surface area contributed by atoms with Gasteiger partial charge in [0.15, 0.2) is 5.82 Å². The van der Waals surface area contributed by atoms with E-state index in [0.717, 1.165) is 34.6 Å². The lowest BCUT2D eigenvalue weighted by molar-refractivity contribution is -0.116. The van der Waals surface area contributed by atoms with Crippen LogP contribution in [0.5, 0.6) is 0 Å². The first kappa shape index (κ1) is 19.5. The summed E-state index contributed by atoms with van der Waals surface area (Å²) in [5.41, 5.74) is 8.74. The van der Waals surface area contributed by atoms with E-state index in [4.69, 9.17) is 0 Å². The van der Waals surface area contributed by atoms with Crippen molar-refractivity contribution in [1.29, 1.82) is 0 Å². The number of nitrogens with zero attached hydrogens (tertiary/aromatic N) is 3. The second kappa shape index (κ2) is 7.91. The highest BCUT2D eigenvalue weighted by molar-refractivity contribution is 8.00. The van der Waals surface area contributed by atoms with Crippen molar-refractivity contribution in [2.75, 3.05) is 10.7 Å². The molecule has 0 bridgehead atoms. The van der Waals surface area contributed by atoms with E-state index < -0.39 is 0 Å². The maximum atomic E-state index is 13.3. The maximum Gasteiger partial charge on any atom is 0.240 e. The minimum absolute atomic E-state index is 0.0472. The molecule has 150 valence electrons. The van der Waals surface area contributed by atoms with Gasteiger partial charge in [-0.15, -0.1) is 10.2 Å². The molecule has 1 aromatic heterocycles. The summed E-state index contributed by atoms with van der Waals surface area (Å²) in [6.07, 6.45) is 0.764. The summed E-state index contributed by atoms with van der Waals surface area (Å²) in [5.74, 6) is 0.812. The highest BCUT2D eigenvalue weighted by Gasteiger charge is 2.37. The maximum absolute atomic E-state index is 13.3. The predicted octanol–water partition coefficient (Wildman–Crippen LogP) is 4.16. The lowest BCUT2D eigenvalue weighted by atomic mass is 10.0. The molecule has 1 aliphatic rings. The smallest absolute Gasteiger partial charge is 0.240 e. The number of rotatable bonds is 4. The molecule has 2 aromatic carbocycles. The van der Waals surface area contributed by atoms with Crippen LogP contribution in [0.2, 0.25) is 0 Å². The normalized spacial score (nSPS) is 18.1. The number of anilines is 1. The van der Waals surface area contributed by atoms with E-state index in [0.29, 0.717) is 5.16 Å².